The molecule has 2 rings (SSSR count). The molecule has 0 aliphatic rings. The number of aryl methyl sites for hydroxylation is 1. The molecule has 0 bridgehead atoms. The molecule has 5 heteroatoms. The minimum absolute atomic E-state index is 0.347. The first kappa shape index (κ1) is 13.3. The van der Waals surface area contributed by atoms with Gasteiger partial charge in [-0.3, -0.25) is 4.68 Å². The lowest BCUT2D eigenvalue weighted by Gasteiger charge is -2.06. The van der Waals surface area contributed by atoms with Crippen molar-refractivity contribution in [2.45, 2.75) is 26.6 Å². The first-order chi connectivity index (χ1) is 9.20. The number of carboxylic acids is 1. The summed E-state index contributed by atoms with van der Waals surface area (Å²) in [4.78, 5) is 11.1. The fourth-order valence-corrected chi connectivity index (χ4v) is 1.90. The molecule has 0 radical (unpaired) electrons. The Morgan fingerprint density at radius 3 is 2.84 bits per heavy atom. The molecule has 1 heterocycles. The molecule has 0 saturated heterocycles. The van der Waals surface area contributed by atoms with Crippen LogP contribution < -0.4 is 5.32 Å². The number of hydrogen-bond donors (Lipinski definition) is 2. The van der Waals surface area contributed by atoms with Gasteiger partial charge in [-0.1, -0.05) is 18.2 Å². The molecule has 1 aromatic carbocycles. The lowest BCUT2D eigenvalue weighted by atomic mass is 10.1. The van der Waals surface area contributed by atoms with Gasteiger partial charge in [0.2, 0.25) is 0 Å². The van der Waals surface area contributed by atoms with Crippen molar-refractivity contribution in [3.05, 3.63) is 53.3 Å². The van der Waals surface area contributed by atoms with Crippen molar-refractivity contribution in [1.29, 1.82) is 0 Å². The molecule has 5 nitrogen and oxygen atoms in total. The van der Waals surface area contributed by atoms with Crippen LogP contribution >= 0.6 is 0 Å². The zero-order valence-electron chi connectivity index (χ0n) is 10.8. The largest absolute Gasteiger partial charge is 0.478 e. The second-order valence-corrected chi connectivity index (χ2v) is 4.27. The lowest BCUT2D eigenvalue weighted by Crippen LogP contribution is -2.15. The fourth-order valence-electron chi connectivity index (χ4n) is 1.90. The van der Waals surface area contributed by atoms with E-state index >= 15 is 0 Å². The molecule has 19 heavy (non-hydrogen) atoms. The van der Waals surface area contributed by atoms with Gasteiger partial charge in [-0.15, -0.1) is 0 Å². The average molecular weight is 259 g/mol. The third-order valence-corrected chi connectivity index (χ3v) is 2.90. The maximum absolute atomic E-state index is 11.1. The molecule has 0 aliphatic carbocycles. The van der Waals surface area contributed by atoms with Crippen LogP contribution in [0.1, 0.15) is 28.4 Å². The smallest absolute Gasteiger partial charge is 0.336 e. The molecule has 0 spiro atoms. The van der Waals surface area contributed by atoms with E-state index in [1.54, 1.807) is 12.1 Å². The Balaban J connectivity index is 1.94. The van der Waals surface area contributed by atoms with Crippen LogP contribution in [0.3, 0.4) is 0 Å². The predicted molar refractivity (Wildman–Crippen MR) is 71.8 cm³/mol. The van der Waals surface area contributed by atoms with Crippen LogP contribution in [0.5, 0.6) is 0 Å². The third kappa shape index (κ3) is 3.42. The second-order valence-electron chi connectivity index (χ2n) is 4.27. The average Bonchev–Trinajstić information content (AvgIpc) is 2.87. The van der Waals surface area contributed by atoms with Gasteiger partial charge in [-0.25, -0.2) is 4.79 Å². The number of carboxylic acid groups (broad SMARTS) is 1. The fraction of sp³-hybridized carbons (Fsp3) is 0.286. The maximum atomic E-state index is 11.1. The van der Waals surface area contributed by atoms with Crippen molar-refractivity contribution in [1.82, 2.24) is 15.1 Å². The van der Waals surface area contributed by atoms with Gasteiger partial charge in [0.25, 0.3) is 0 Å². The minimum atomic E-state index is -0.892. The normalized spacial score (nSPS) is 10.6. The first-order valence-electron chi connectivity index (χ1n) is 6.24. The molecule has 0 aliphatic heterocycles. The molecule has 1 aromatic heterocycles. The van der Waals surface area contributed by atoms with Gasteiger partial charge in [0.15, 0.2) is 0 Å². The van der Waals surface area contributed by atoms with E-state index in [1.807, 2.05) is 36.1 Å². The standard InChI is InChI=1S/C14H17N3O2/c1-2-17-10-11(8-16-17)7-15-9-12-5-3-4-6-13(12)14(18)19/h3-6,8,10,15H,2,7,9H2,1H3,(H,18,19). The van der Waals surface area contributed by atoms with Crippen molar-refractivity contribution < 1.29 is 9.90 Å². The van der Waals surface area contributed by atoms with E-state index in [0.29, 0.717) is 18.7 Å². The van der Waals surface area contributed by atoms with Crippen LogP contribution in [0.4, 0.5) is 0 Å². The van der Waals surface area contributed by atoms with Gasteiger partial charge < -0.3 is 10.4 Å². The van der Waals surface area contributed by atoms with Crippen LogP contribution in [-0.2, 0) is 19.6 Å². The highest BCUT2D eigenvalue weighted by Crippen LogP contribution is 2.08. The van der Waals surface area contributed by atoms with Crippen LogP contribution in [0.25, 0.3) is 0 Å². The van der Waals surface area contributed by atoms with E-state index in [2.05, 4.69) is 10.4 Å². The molecule has 0 fully saturated rings. The van der Waals surface area contributed by atoms with Crippen LogP contribution in [0.2, 0.25) is 0 Å². The number of rotatable bonds is 6. The number of nitrogens with one attached hydrogen (secondary N) is 1. The molecule has 0 atom stereocenters. The highest BCUT2D eigenvalue weighted by molar-refractivity contribution is 5.89. The molecule has 2 N–H and O–H groups in total. The summed E-state index contributed by atoms with van der Waals surface area (Å²) in [5.41, 5.74) is 2.23. The number of aromatic carboxylic acids is 1. The van der Waals surface area contributed by atoms with Gasteiger partial charge in [0.05, 0.1) is 11.8 Å². The summed E-state index contributed by atoms with van der Waals surface area (Å²) in [5.74, 6) is -0.892. The van der Waals surface area contributed by atoms with Crippen molar-refractivity contribution in [3.63, 3.8) is 0 Å². The van der Waals surface area contributed by atoms with Crippen molar-refractivity contribution >= 4 is 5.97 Å². The minimum Gasteiger partial charge on any atom is -0.478 e. The van der Waals surface area contributed by atoms with E-state index in [1.165, 1.54) is 0 Å². The Morgan fingerprint density at radius 1 is 1.37 bits per heavy atom. The second kappa shape index (κ2) is 6.15. The van der Waals surface area contributed by atoms with Gasteiger partial charge in [-0.2, -0.15) is 5.10 Å². The highest BCUT2D eigenvalue weighted by Gasteiger charge is 2.08. The Hall–Kier alpha value is -2.14. The van der Waals surface area contributed by atoms with E-state index in [9.17, 15) is 4.79 Å². The third-order valence-electron chi connectivity index (χ3n) is 2.90. The quantitative estimate of drug-likeness (QED) is 0.831. The Labute approximate surface area is 111 Å². The van der Waals surface area contributed by atoms with Gasteiger partial charge in [-0.05, 0) is 18.6 Å². The molecular formula is C14H17N3O2. The summed E-state index contributed by atoms with van der Waals surface area (Å²) in [7, 11) is 0. The summed E-state index contributed by atoms with van der Waals surface area (Å²) in [6.07, 6.45) is 3.80. The highest BCUT2D eigenvalue weighted by atomic mass is 16.4. The SMILES string of the molecule is CCn1cc(CNCc2ccccc2C(=O)O)cn1. The van der Waals surface area contributed by atoms with E-state index in [-0.39, 0.29) is 0 Å². The molecule has 2 aromatic rings. The zero-order valence-corrected chi connectivity index (χ0v) is 10.8. The van der Waals surface area contributed by atoms with Crippen molar-refractivity contribution in [3.8, 4) is 0 Å². The van der Waals surface area contributed by atoms with Crippen molar-refractivity contribution in [2.24, 2.45) is 0 Å². The van der Waals surface area contributed by atoms with Gasteiger partial charge in [0, 0.05) is 31.4 Å². The Kier molecular flexibility index (Phi) is 4.30. The van der Waals surface area contributed by atoms with E-state index < -0.39 is 5.97 Å². The molecule has 0 amide bonds. The molecule has 100 valence electrons. The van der Waals surface area contributed by atoms with Gasteiger partial charge >= 0.3 is 5.97 Å². The Bertz CT molecular complexity index is 563. The summed E-state index contributed by atoms with van der Waals surface area (Å²) < 4.78 is 1.86. The number of carbonyl (C=O) groups is 1. The summed E-state index contributed by atoms with van der Waals surface area (Å²) in [6.45, 7) is 4.09. The monoisotopic (exact) mass is 259 g/mol. The predicted octanol–water partition coefficient (Wildman–Crippen LogP) is 1.89. The summed E-state index contributed by atoms with van der Waals surface area (Å²) >= 11 is 0. The van der Waals surface area contributed by atoms with Crippen LogP contribution in [0.15, 0.2) is 36.7 Å². The van der Waals surface area contributed by atoms with E-state index in [4.69, 9.17) is 5.11 Å². The molecule has 0 saturated carbocycles. The van der Waals surface area contributed by atoms with Gasteiger partial charge in [0.1, 0.15) is 0 Å². The lowest BCUT2D eigenvalue weighted by molar-refractivity contribution is 0.0695. The maximum Gasteiger partial charge on any atom is 0.336 e. The number of hydrogen-bond acceptors (Lipinski definition) is 3. The summed E-state index contributed by atoms with van der Waals surface area (Å²) in [5, 5.41) is 16.5. The van der Waals surface area contributed by atoms with Crippen LogP contribution in [-0.4, -0.2) is 20.9 Å². The van der Waals surface area contributed by atoms with E-state index in [0.717, 1.165) is 17.7 Å². The Morgan fingerprint density at radius 2 is 2.16 bits per heavy atom. The van der Waals surface area contributed by atoms with Crippen LogP contribution in [0, 0.1) is 0 Å². The summed E-state index contributed by atoms with van der Waals surface area (Å²) in [6, 6.07) is 7.02. The number of nitrogens with zero attached hydrogens (tertiary/aromatic N) is 2. The topological polar surface area (TPSA) is 67.2 Å². The molecular weight excluding hydrogens is 242 g/mol. The van der Waals surface area contributed by atoms with Crippen molar-refractivity contribution in [2.75, 3.05) is 0 Å². The number of benzene rings is 1. The number of aromatic nitrogens is 2. The zero-order chi connectivity index (χ0) is 13.7. The first-order valence-corrected chi connectivity index (χ1v) is 6.24. The molecule has 0 unspecified atom stereocenters.